The van der Waals surface area contributed by atoms with Crippen molar-refractivity contribution >= 4 is 10.0 Å². The summed E-state index contributed by atoms with van der Waals surface area (Å²) in [5, 5.41) is 6.16. The molecule has 0 aliphatic heterocycles. The average molecular weight is 215 g/mol. The van der Waals surface area contributed by atoms with Crippen LogP contribution in [0.3, 0.4) is 0 Å². The molecule has 0 atom stereocenters. The number of hydrogen-bond donors (Lipinski definition) is 1. The Hall–Kier alpha value is -1.14. The van der Waals surface area contributed by atoms with Gasteiger partial charge in [0.2, 0.25) is 0 Å². The Kier molecular flexibility index (Phi) is 3.43. The summed E-state index contributed by atoms with van der Waals surface area (Å²) in [7, 11) is -3.43. The summed E-state index contributed by atoms with van der Waals surface area (Å²) in [6, 6.07) is 1.43. The van der Waals surface area contributed by atoms with Gasteiger partial charge in [-0.05, 0) is 6.07 Å². The van der Waals surface area contributed by atoms with Crippen molar-refractivity contribution in [2.24, 2.45) is 0 Å². The van der Waals surface area contributed by atoms with E-state index in [1.54, 1.807) is 13.0 Å². The van der Waals surface area contributed by atoms with Crippen molar-refractivity contribution in [3.05, 3.63) is 24.9 Å². The fourth-order valence-corrected chi connectivity index (χ4v) is 2.39. The molecule has 1 aromatic heterocycles. The molecule has 0 radical (unpaired) electrons. The van der Waals surface area contributed by atoms with E-state index in [1.165, 1.54) is 16.6 Å². The summed E-state index contributed by atoms with van der Waals surface area (Å²) in [5.74, 6) is 0. The third-order valence-electron chi connectivity index (χ3n) is 1.78. The molecule has 1 heterocycles. The van der Waals surface area contributed by atoms with Gasteiger partial charge in [0.1, 0.15) is 0 Å². The first-order chi connectivity index (χ1) is 6.62. The second kappa shape index (κ2) is 4.39. The minimum atomic E-state index is -3.43. The Labute approximate surface area is 83.5 Å². The number of aromatic amines is 1. The van der Waals surface area contributed by atoms with Crippen molar-refractivity contribution in [1.29, 1.82) is 0 Å². The Morgan fingerprint density at radius 3 is 2.86 bits per heavy atom. The van der Waals surface area contributed by atoms with Crippen LogP contribution in [0.1, 0.15) is 6.92 Å². The molecule has 0 unspecified atom stereocenters. The summed E-state index contributed by atoms with van der Waals surface area (Å²) in [6.07, 6.45) is 2.96. The Morgan fingerprint density at radius 1 is 1.71 bits per heavy atom. The first-order valence-electron chi connectivity index (χ1n) is 4.23. The summed E-state index contributed by atoms with van der Waals surface area (Å²) in [5.41, 5.74) is 0. The fraction of sp³-hybridized carbons (Fsp3) is 0.375. The normalized spacial score (nSPS) is 11.9. The lowest BCUT2D eigenvalue weighted by atomic mass is 10.6. The van der Waals surface area contributed by atoms with Crippen LogP contribution in [0.25, 0.3) is 0 Å². The molecule has 0 aromatic carbocycles. The third kappa shape index (κ3) is 2.02. The maximum Gasteiger partial charge on any atom is 0.260 e. The molecule has 0 bridgehead atoms. The predicted molar refractivity (Wildman–Crippen MR) is 53.2 cm³/mol. The number of aromatic nitrogens is 2. The van der Waals surface area contributed by atoms with Gasteiger partial charge in [-0.1, -0.05) is 13.0 Å². The summed E-state index contributed by atoms with van der Waals surface area (Å²) in [4.78, 5) is 0. The summed E-state index contributed by atoms with van der Waals surface area (Å²) >= 11 is 0. The Morgan fingerprint density at radius 2 is 2.43 bits per heavy atom. The second-order valence-corrected chi connectivity index (χ2v) is 4.57. The molecule has 0 aliphatic rings. The molecule has 0 aliphatic carbocycles. The molecule has 0 fully saturated rings. The highest BCUT2D eigenvalue weighted by Crippen LogP contribution is 2.11. The number of H-pyrrole nitrogens is 1. The molecular formula is C8H13N3O2S. The first-order valence-corrected chi connectivity index (χ1v) is 5.67. The van der Waals surface area contributed by atoms with Crippen LogP contribution >= 0.6 is 0 Å². The van der Waals surface area contributed by atoms with E-state index in [-0.39, 0.29) is 5.03 Å². The molecule has 78 valence electrons. The van der Waals surface area contributed by atoms with E-state index < -0.39 is 10.0 Å². The van der Waals surface area contributed by atoms with Crippen molar-refractivity contribution in [2.75, 3.05) is 13.1 Å². The summed E-state index contributed by atoms with van der Waals surface area (Å²) < 4.78 is 25.0. The van der Waals surface area contributed by atoms with Crippen LogP contribution in [0.4, 0.5) is 0 Å². The van der Waals surface area contributed by atoms with E-state index in [0.29, 0.717) is 13.1 Å². The monoisotopic (exact) mass is 215 g/mol. The topological polar surface area (TPSA) is 66.1 Å². The van der Waals surface area contributed by atoms with Gasteiger partial charge in [0.15, 0.2) is 5.03 Å². The molecule has 1 rings (SSSR count). The van der Waals surface area contributed by atoms with E-state index in [9.17, 15) is 8.42 Å². The van der Waals surface area contributed by atoms with Crippen molar-refractivity contribution in [3.8, 4) is 0 Å². The number of hydrogen-bond acceptors (Lipinski definition) is 3. The van der Waals surface area contributed by atoms with Crippen LogP contribution in [0, 0.1) is 0 Å². The molecule has 5 nitrogen and oxygen atoms in total. The molecular weight excluding hydrogens is 202 g/mol. The Bertz CT molecular complexity index is 383. The maximum absolute atomic E-state index is 11.8. The Balaban J connectivity index is 2.99. The quantitative estimate of drug-likeness (QED) is 0.732. The van der Waals surface area contributed by atoms with Crippen molar-refractivity contribution < 1.29 is 8.42 Å². The van der Waals surface area contributed by atoms with Crippen LogP contribution in [0.15, 0.2) is 29.9 Å². The van der Waals surface area contributed by atoms with Gasteiger partial charge in [0.05, 0.1) is 6.20 Å². The predicted octanol–water partition coefficient (Wildman–Crippen LogP) is 0.606. The first kappa shape index (κ1) is 10.9. The SMILES string of the molecule is C=CCN(CC)S(=O)(=O)c1ccn[nH]1. The zero-order valence-corrected chi connectivity index (χ0v) is 8.79. The molecule has 0 saturated heterocycles. The number of nitrogens with zero attached hydrogens (tertiary/aromatic N) is 2. The smallest absolute Gasteiger partial charge is 0.260 e. The molecule has 0 spiro atoms. The summed E-state index contributed by atoms with van der Waals surface area (Å²) in [6.45, 7) is 6.00. The van der Waals surface area contributed by atoms with Crippen molar-refractivity contribution in [3.63, 3.8) is 0 Å². The number of nitrogens with one attached hydrogen (secondary N) is 1. The number of rotatable bonds is 5. The minimum absolute atomic E-state index is 0.112. The van der Waals surface area contributed by atoms with E-state index in [1.807, 2.05) is 0 Å². The third-order valence-corrected chi connectivity index (χ3v) is 3.65. The van der Waals surface area contributed by atoms with Crippen LogP contribution in [-0.2, 0) is 10.0 Å². The molecule has 1 aromatic rings. The van der Waals surface area contributed by atoms with E-state index in [4.69, 9.17) is 0 Å². The molecule has 14 heavy (non-hydrogen) atoms. The molecule has 1 N–H and O–H groups in total. The second-order valence-electron chi connectivity index (χ2n) is 2.67. The highest BCUT2D eigenvalue weighted by molar-refractivity contribution is 7.89. The highest BCUT2D eigenvalue weighted by Gasteiger charge is 2.22. The van der Waals surface area contributed by atoms with Crippen molar-refractivity contribution in [2.45, 2.75) is 11.9 Å². The average Bonchev–Trinajstić information content (AvgIpc) is 2.66. The zero-order valence-electron chi connectivity index (χ0n) is 7.97. The molecule has 0 saturated carbocycles. The molecule has 0 amide bonds. The van der Waals surface area contributed by atoms with Crippen molar-refractivity contribution in [1.82, 2.24) is 14.5 Å². The maximum atomic E-state index is 11.8. The van der Waals surface area contributed by atoms with E-state index in [2.05, 4.69) is 16.8 Å². The van der Waals surface area contributed by atoms with Gasteiger partial charge in [-0.25, -0.2) is 8.42 Å². The van der Waals surface area contributed by atoms with E-state index >= 15 is 0 Å². The van der Waals surface area contributed by atoms with Gasteiger partial charge in [0.25, 0.3) is 10.0 Å². The van der Waals surface area contributed by atoms with Gasteiger partial charge < -0.3 is 0 Å². The van der Waals surface area contributed by atoms with E-state index in [0.717, 1.165) is 0 Å². The van der Waals surface area contributed by atoms with Gasteiger partial charge in [-0.3, -0.25) is 5.10 Å². The van der Waals surface area contributed by atoms with Gasteiger partial charge >= 0.3 is 0 Å². The molecule has 6 heteroatoms. The van der Waals surface area contributed by atoms with Crippen LogP contribution in [0.2, 0.25) is 0 Å². The lowest BCUT2D eigenvalue weighted by Crippen LogP contribution is -2.31. The van der Waals surface area contributed by atoms with Crippen LogP contribution in [0.5, 0.6) is 0 Å². The van der Waals surface area contributed by atoms with Gasteiger partial charge in [-0.2, -0.15) is 9.40 Å². The zero-order chi connectivity index (χ0) is 10.6. The lowest BCUT2D eigenvalue weighted by molar-refractivity contribution is 0.457. The number of sulfonamides is 1. The van der Waals surface area contributed by atoms with Gasteiger partial charge in [0, 0.05) is 13.1 Å². The fourth-order valence-electron chi connectivity index (χ4n) is 1.07. The standard InChI is InChI=1S/C8H13N3O2S/c1-3-7-11(4-2)14(12,13)8-5-6-9-10-8/h3,5-6H,1,4,7H2,2H3,(H,9,10). The van der Waals surface area contributed by atoms with Crippen LogP contribution < -0.4 is 0 Å². The minimum Gasteiger partial charge on any atom is -0.266 e. The highest BCUT2D eigenvalue weighted by atomic mass is 32.2. The van der Waals surface area contributed by atoms with Gasteiger partial charge in [-0.15, -0.1) is 6.58 Å². The number of likely N-dealkylation sites (N-methyl/N-ethyl adjacent to an activating group) is 1. The lowest BCUT2D eigenvalue weighted by Gasteiger charge is -2.16. The largest absolute Gasteiger partial charge is 0.266 e. The van der Waals surface area contributed by atoms with Crippen LogP contribution in [-0.4, -0.2) is 36.0 Å².